The van der Waals surface area contributed by atoms with Gasteiger partial charge in [0.2, 0.25) is 5.91 Å². The number of aryl methyl sites for hydroxylation is 1. The zero-order chi connectivity index (χ0) is 13.7. The fourth-order valence-corrected chi connectivity index (χ4v) is 2.51. The lowest BCUT2D eigenvalue weighted by atomic mass is 9.99. The highest BCUT2D eigenvalue weighted by Gasteiger charge is 2.36. The maximum Gasteiger partial charge on any atom is 0.254 e. The van der Waals surface area contributed by atoms with Crippen molar-refractivity contribution in [1.82, 2.24) is 24.9 Å². The summed E-state index contributed by atoms with van der Waals surface area (Å²) >= 11 is 0. The molecule has 104 valence electrons. The minimum absolute atomic E-state index is 0.0858. The summed E-state index contributed by atoms with van der Waals surface area (Å²) in [7, 11) is 0. The van der Waals surface area contributed by atoms with E-state index in [1.54, 1.807) is 4.52 Å². The van der Waals surface area contributed by atoms with Gasteiger partial charge in [-0.25, -0.2) is 4.98 Å². The molecule has 2 aromatic heterocycles. The number of amides is 1. The van der Waals surface area contributed by atoms with Crippen LogP contribution in [0.3, 0.4) is 0 Å². The summed E-state index contributed by atoms with van der Waals surface area (Å²) in [5.74, 6) is 1.83. The van der Waals surface area contributed by atoms with Crippen molar-refractivity contribution in [2.75, 3.05) is 18.0 Å². The Morgan fingerprint density at radius 1 is 1.40 bits per heavy atom. The zero-order valence-electron chi connectivity index (χ0n) is 11.3. The van der Waals surface area contributed by atoms with Crippen LogP contribution in [0.25, 0.3) is 5.78 Å². The van der Waals surface area contributed by atoms with Crippen LogP contribution in [0, 0.1) is 12.8 Å². The Labute approximate surface area is 116 Å². The van der Waals surface area contributed by atoms with Crippen LogP contribution in [0.15, 0.2) is 12.4 Å². The normalized spacial score (nSPS) is 19.1. The molecule has 2 fully saturated rings. The fraction of sp³-hybridized carbons (Fsp3) is 0.538. The first-order valence-electron chi connectivity index (χ1n) is 6.93. The molecule has 1 aliphatic carbocycles. The molecule has 0 spiro atoms. The van der Waals surface area contributed by atoms with Crippen molar-refractivity contribution >= 4 is 17.5 Å². The number of aromatic nitrogens is 4. The first-order valence-corrected chi connectivity index (χ1v) is 6.93. The summed E-state index contributed by atoms with van der Waals surface area (Å²) in [6, 6.07) is 2.42. The van der Waals surface area contributed by atoms with Gasteiger partial charge in [-0.3, -0.25) is 4.79 Å². The Morgan fingerprint density at radius 3 is 2.95 bits per heavy atom. The standard InChI is InChI=1S/C13H16N6O/c1-8-4-11(19-13(16-8)14-7-15-19)18-5-9(6-18)12(20)17-10-2-3-10/h4,7,9-10H,2-3,5-6H2,1H3,(H,17,20). The number of hydrogen-bond donors (Lipinski definition) is 1. The van der Waals surface area contributed by atoms with Gasteiger partial charge in [-0.15, -0.1) is 0 Å². The number of carbonyl (C=O) groups is 1. The van der Waals surface area contributed by atoms with Crippen molar-refractivity contribution in [3.63, 3.8) is 0 Å². The number of hydrogen-bond acceptors (Lipinski definition) is 5. The molecule has 20 heavy (non-hydrogen) atoms. The summed E-state index contributed by atoms with van der Waals surface area (Å²) in [6.45, 7) is 3.41. The lowest BCUT2D eigenvalue weighted by molar-refractivity contribution is -0.125. The van der Waals surface area contributed by atoms with E-state index in [2.05, 4.69) is 25.3 Å². The number of rotatable bonds is 3. The first-order chi connectivity index (χ1) is 9.70. The Kier molecular flexibility index (Phi) is 2.42. The minimum Gasteiger partial charge on any atom is -0.355 e. The van der Waals surface area contributed by atoms with Crippen LogP contribution in [-0.2, 0) is 4.79 Å². The molecule has 7 heteroatoms. The molecule has 0 aromatic carbocycles. The molecular formula is C13H16N6O. The molecule has 2 aromatic rings. The molecule has 0 atom stereocenters. The lowest BCUT2D eigenvalue weighted by Gasteiger charge is -2.39. The van der Waals surface area contributed by atoms with E-state index >= 15 is 0 Å². The Balaban J connectivity index is 1.51. The highest BCUT2D eigenvalue weighted by molar-refractivity contribution is 5.82. The average molecular weight is 272 g/mol. The van der Waals surface area contributed by atoms with E-state index in [1.807, 2.05) is 13.0 Å². The number of carbonyl (C=O) groups excluding carboxylic acids is 1. The van der Waals surface area contributed by atoms with Gasteiger partial charge in [0.05, 0.1) is 5.92 Å². The summed E-state index contributed by atoms with van der Waals surface area (Å²) < 4.78 is 1.72. The van der Waals surface area contributed by atoms with Gasteiger partial charge in [0.1, 0.15) is 12.1 Å². The largest absolute Gasteiger partial charge is 0.355 e. The summed E-state index contributed by atoms with van der Waals surface area (Å²) in [4.78, 5) is 22.5. The van der Waals surface area contributed by atoms with Crippen LogP contribution in [-0.4, -0.2) is 44.6 Å². The fourth-order valence-electron chi connectivity index (χ4n) is 2.51. The summed E-state index contributed by atoms with van der Waals surface area (Å²) in [6.07, 6.45) is 3.76. The van der Waals surface area contributed by atoms with Crippen molar-refractivity contribution < 1.29 is 4.79 Å². The van der Waals surface area contributed by atoms with Crippen LogP contribution < -0.4 is 10.2 Å². The van der Waals surface area contributed by atoms with Crippen LogP contribution in [0.2, 0.25) is 0 Å². The second-order valence-electron chi connectivity index (χ2n) is 5.61. The van der Waals surface area contributed by atoms with E-state index in [0.29, 0.717) is 11.8 Å². The second-order valence-corrected chi connectivity index (χ2v) is 5.61. The van der Waals surface area contributed by atoms with Crippen molar-refractivity contribution in [1.29, 1.82) is 0 Å². The van der Waals surface area contributed by atoms with Gasteiger partial charge in [0.25, 0.3) is 5.78 Å². The first kappa shape index (κ1) is 11.6. The van der Waals surface area contributed by atoms with E-state index in [-0.39, 0.29) is 11.8 Å². The number of fused-ring (bicyclic) bond motifs is 1. The van der Waals surface area contributed by atoms with Crippen molar-refractivity contribution in [3.8, 4) is 0 Å². The zero-order valence-corrected chi connectivity index (χ0v) is 11.3. The molecule has 1 saturated heterocycles. The second kappa shape index (κ2) is 4.16. The van der Waals surface area contributed by atoms with E-state index in [9.17, 15) is 4.79 Å². The van der Waals surface area contributed by atoms with E-state index < -0.39 is 0 Å². The molecule has 1 saturated carbocycles. The Hall–Kier alpha value is -2.18. The number of anilines is 1. The van der Waals surface area contributed by atoms with Crippen molar-refractivity contribution in [2.45, 2.75) is 25.8 Å². The monoisotopic (exact) mass is 272 g/mol. The summed E-state index contributed by atoms with van der Waals surface area (Å²) in [5.41, 5.74) is 0.909. The predicted molar refractivity (Wildman–Crippen MR) is 72.4 cm³/mol. The molecule has 0 radical (unpaired) electrons. The molecule has 4 rings (SSSR count). The molecule has 1 amide bonds. The number of nitrogens with one attached hydrogen (secondary N) is 1. The van der Waals surface area contributed by atoms with Gasteiger partial charge in [-0.1, -0.05) is 0 Å². The molecule has 7 nitrogen and oxygen atoms in total. The van der Waals surface area contributed by atoms with E-state index in [0.717, 1.165) is 37.4 Å². The average Bonchev–Trinajstić information content (AvgIpc) is 3.02. The minimum atomic E-state index is 0.0858. The van der Waals surface area contributed by atoms with Gasteiger partial charge in [-0.2, -0.15) is 14.6 Å². The van der Waals surface area contributed by atoms with Crippen LogP contribution >= 0.6 is 0 Å². The van der Waals surface area contributed by atoms with Crippen molar-refractivity contribution in [2.24, 2.45) is 5.92 Å². The molecule has 3 heterocycles. The maximum absolute atomic E-state index is 11.9. The highest BCUT2D eigenvalue weighted by atomic mass is 16.2. The van der Waals surface area contributed by atoms with Gasteiger partial charge >= 0.3 is 0 Å². The van der Waals surface area contributed by atoms with Crippen LogP contribution in [0.4, 0.5) is 5.82 Å². The summed E-state index contributed by atoms with van der Waals surface area (Å²) in [5, 5.41) is 7.25. The van der Waals surface area contributed by atoms with Gasteiger partial charge < -0.3 is 10.2 Å². The third-order valence-electron chi connectivity index (χ3n) is 3.86. The predicted octanol–water partition coefficient (Wildman–Crippen LogP) is 0.148. The Morgan fingerprint density at radius 2 is 2.20 bits per heavy atom. The third kappa shape index (κ3) is 1.90. The van der Waals surface area contributed by atoms with Gasteiger partial charge in [0, 0.05) is 30.9 Å². The van der Waals surface area contributed by atoms with E-state index in [4.69, 9.17) is 0 Å². The third-order valence-corrected chi connectivity index (χ3v) is 3.86. The highest BCUT2D eigenvalue weighted by Crippen LogP contribution is 2.26. The van der Waals surface area contributed by atoms with Gasteiger partial charge in [-0.05, 0) is 19.8 Å². The molecule has 1 aliphatic heterocycles. The molecule has 2 aliphatic rings. The molecule has 1 N–H and O–H groups in total. The topological polar surface area (TPSA) is 75.4 Å². The maximum atomic E-state index is 11.9. The van der Waals surface area contributed by atoms with Crippen molar-refractivity contribution in [3.05, 3.63) is 18.1 Å². The molecular weight excluding hydrogens is 256 g/mol. The van der Waals surface area contributed by atoms with Crippen LogP contribution in [0.5, 0.6) is 0 Å². The molecule has 0 unspecified atom stereocenters. The SMILES string of the molecule is Cc1cc(N2CC(C(=O)NC3CC3)C2)n2ncnc2n1. The number of nitrogens with zero attached hydrogens (tertiary/aromatic N) is 5. The Bertz CT molecular complexity index is 671. The van der Waals surface area contributed by atoms with Crippen LogP contribution in [0.1, 0.15) is 18.5 Å². The molecule has 0 bridgehead atoms. The van der Waals surface area contributed by atoms with E-state index in [1.165, 1.54) is 6.33 Å². The lowest BCUT2D eigenvalue weighted by Crippen LogP contribution is -2.54. The quantitative estimate of drug-likeness (QED) is 0.860. The van der Waals surface area contributed by atoms with Gasteiger partial charge in [0.15, 0.2) is 0 Å². The smallest absolute Gasteiger partial charge is 0.254 e.